The maximum absolute atomic E-state index is 12.5. The van der Waals surface area contributed by atoms with Crippen molar-refractivity contribution in [3.8, 4) is 0 Å². The number of halogens is 2. The standard InChI is InChI=1S/C9H11ClFN/c1-7(12-10)6-8-2-4-9(11)5-3-8/h2-5,7,12H,6H2,1H3/t7-/m0/s1. The number of benzene rings is 1. The zero-order valence-electron chi connectivity index (χ0n) is 6.85. The zero-order valence-corrected chi connectivity index (χ0v) is 7.61. The van der Waals surface area contributed by atoms with Crippen molar-refractivity contribution in [2.24, 2.45) is 0 Å². The Kier molecular flexibility index (Phi) is 3.50. The van der Waals surface area contributed by atoms with Crippen LogP contribution in [0.3, 0.4) is 0 Å². The molecule has 1 nitrogen and oxygen atoms in total. The summed E-state index contributed by atoms with van der Waals surface area (Å²) in [6.07, 6.45) is 0.809. The summed E-state index contributed by atoms with van der Waals surface area (Å²) in [6.45, 7) is 1.97. The highest BCUT2D eigenvalue weighted by molar-refractivity contribution is 6.13. The second-order valence-corrected chi connectivity index (χ2v) is 3.06. The van der Waals surface area contributed by atoms with E-state index in [-0.39, 0.29) is 11.9 Å². The fraction of sp³-hybridized carbons (Fsp3) is 0.333. The largest absolute Gasteiger partial charge is 0.230 e. The van der Waals surface area contributed by atoms with Crippen LogP contribution in [0.5, 0.6) is 0 Å². The molecular weight excluding hydrogens is 177 g/mol. The summed E-state index contributed by atoms with van der Waals surface area (Å²) in [4.78, 5) is 2.61. The number of nitrogens with one attached hydrogen (secondary N) is 1. The highest BCUT2D eigenvalue weighted by Gasteiger charge is 2.00. The Morgan fingerprint density at radius 1 is 1.42 bits per heavy atom. The summed E-state index contributed by atoms with van der Waals surface area (Å²) < 4.78 is 12.5. The highest BCUT2D eigenvalue weighted by atomic mass is 35.5. The SMILES string of the molecule is C[C@@H](Cc1ccc(F)cc1)NCl. The van der Waals surface area contributed by atoms with Crippen molar-refractivity contribution in [3.63, 3.8) is 0 Å². The van der Waals surface area contributed by atoms with Crippen molar-refractivity contribution in [1.82, 2.24) is 4.84 Å². The van der Waals surface area contributed by atoms with Gasteiger partial charge in [-0.15, -0.1) is 0 Å². The van der Waals surface area contributed by atoms with E-state index in [1.807, 2.05) is 6.92 Å². The molecule has 1 N–H and O–H groups in total. The molecule has 3 heteroatoms. The summed E-state index contributed by atoms with van der Waals surface area (Å²) in [7, 11) is 0. The van der Waals surface area contributed by atoms with Gasteiger partial charge in [-0.25, -0.2) is 9.23 Å². The van der Waals surface area contributed by atoms with Gasteiger partial charge in [0.05, 0.1) is 0 Å². The molecule has 0 unspecified atom stereocenters. The molecule has 1 aromatic carbocycles. The maximum Gasteiger partial charge on any atom is 0.123 e. The summed E-state index contributed by atoms with van der Waals surface area (Å²) in [5.41, 5.74) is 1.08. The van der Waals surface area contributed by atoms with Gasteiger partial charge >= 0.3 is 0 Å². The third-order valence-electron chi connectivity index (χ3n) is 1.64. The van der Waals surface area contributed by atoms with Crippen molar-refractivity contribution in [3.05, 3.63) is 35.6 Å². The first kappa shape index (κ1) is 9.49. The lowest BCUT2D eigenvalue weighted by Crippen LogP contribution is -2.18. The van der Waals surface area contributed by atoms with Crippen LogP contribution >= 0.6 is 11.8 Å². The summed E-state index contributed by atoms with van der Waals surface area (Å²) >= 11 is 5.41. The molecule has 0 heterocycles. The van der Waals surface area contributed by atoms with E-state index in [9.17, 15) is 4.39 Å². The highest BCUT2D eigenvalue weighted by Crippen LogP contribution is 2.05. The molecule has 12 heavy (non-hydrogen) atoms. The molecule has 0 bridgehead atoms. The minimum absolute atomic E-state index is 0.203. The lowest BCUT2D eigenvalue weighted by molar-refractivity contribution is 0.624. The van der Waals surface area contributed by atoms with Crippen LogP contribution in [0.1, 0.15) is 12.5 Å². The van der Waals surface area contributed by atoms with Crippen molar-refractivity contribution in [2.75, 3.05) is 0 Å². The molecule has 0 aliphatic carbocycles. The predicted molar refractivity (Wildman–Crippen MR) is 48.6 cm³/mol. The van der Waals surface area contributed by atoms with Gasteiger partial charge in [-0.05, 0) is 42.8 Å². The van der Waals surface area contributed by atoms with Crippen LogP contribution in [0.25, 0.3) is 0 Å². The van der Waals surface area contributed by atoms with Gasteiger partial charge in [0.25, 0.3) is 0 Å². The zero-order chi connectivity index (χ0) is 8.97. The van der Waals surface area contributed by atoms with Gasteiger partial charge in [-0.3, -0.25) is 0 Å². The Hall–Kier alpha value is -0.600. The quantitative estimate of drug-likeness (QED) is 0.717. The third kappa shape index (κ3) is 2.80. The van der Waals surface area contributed by atoms with Crippen LogP contribution < -0.4 is 4.84 Å². The second-order valence-electron chi connectivity index (χ2n) is 2.84. The maximum atomic E-state index is 12.5. The molecule has 0 fully saturated rings. The third-order valence-corrected chi connectivity index (χ3v) is 2.01. The lowest BCUT2D eigenvalue weighted by atomic mass is 10.1. The van der Waals surface area contributed by atoms with Gasteiger partial charge in [0.15, 0.2) is 0 Å². The fourth-order valence-electron chi connectivity index (χ4n) is 1.01. The van der Waals surface area contributed by atoms with E-state index >= 15 is 0 Å². The summed E-state index contributed by atoms with van der Waals surface area (Å²) in [5.74, 6) is -0.203. The lowest BCUT2D eigenvalue weighted by Gasteiger charge is -2.07. The topological polar surface area (TPSA) is 12.0 Å². The van der Waals surface area contributed by atoms with E-state index in [0.717, 1.165) is 12.0 Å². The summed E-state index contributed by atoms with van der Waals surface area (Å²) in [5, 5.41) is 0. The Morgan fingerprint density at radius 3 is 2.50 bits per heavy atom. The number of hydrogen-bond donors (Lipinski definition) is 1. The molecule has 0 aliphatic rings. The van der Waals surface area contributed by atoms with E-state index < -0.39 is 0 Å². The molecule has 1 atom stereocenters. The molecule has 0 saturated carbocycles. The smallest absolute Gasteiger partial charge is 0.123 e. The van der Waals surface area contributed by atoms with Gasteiger partial charge in [0, 0.05) is 6.04 Å². The average Bonchev–Trinajstić information content (AvgIpc) is 2.09. The minimum Gasteiger partial charge on any atom is -0.230 e. The average molecular weight is 188 g/mol. The Bertz CT molecular complexity index is 235. The minimum atomic E-state index is -0.203. The van der Waals surface area contributed by atoms with Crippen molar-refractivity contribution in [1.29, 1.82) is 0 Å². The molecule has 66 valence electrons. The van der Waals surface area contributed by atoms with E-state index in [2.05, 4.69) is 4.84 Å². The molecule has 0 amide bonds. The van der Waals surface area contributed by atoms with Crippen molar-refractivity contribution < 1.29 is 4.39 Å². The van der Waals surface area contributed by atoms with E-state index in [1.54, 1.807) is 12.1 Å². The first-order valence-electron chi connectivity index (χ1n) is 3.83. The first-order valence-corrected chi connectivity index (χ1v) is 4.21. The van der Waals surface area contributed by atoms with E-state index in [4.69, 9.17) is 11.8 Å². The van der Waals surface area contributed by atoms with Crippen molar-refractivity contribution in [2.45, 2.75) is 19.4 Å². The molecule has 0 spiro atoms. The summed E-state index contributed by atoms with van der Waals surface area (Å²) in [6, 6.07) is 6.64. The fourth-order valence-corrected chi connectivity index (χ4v) is 1.09. The normalized spacial score (nSPS) is 12.9. The first-order chi connectivity index (χ1) is 5.72. The Labute approximate surface area is 76.7 Å². The predicted octanol–water partition coefficient (Wildman–Crippen LogP) is 2.50. The molecule has 1 rings (SSSR count). The van der Waals surface area contributed by atoms with Crippen molar-refractivity contribution >= 4 is 11.8 Å². The van der Waals surface area contributed by atoms with Crippen LogP contribution in [0.2, 0.25) is 0 Å². The Balaban J connectivity index is 2.58. The molecular formula is C9H11ClFN. The monoisotopic (exact) mass is 187 g/mol. The molecule has 0 radical (unpaired) electrons. The van der Waals surface area contributed by atoms with Crippen LogP contribution in [0.4, 0.5) is 4.39 Å². The molecule has 0 saturated heterocycles. The van der Waals surface area contributed by atoms with Gasteiger partial charge in [0.2, 0.25) is 0 Å². The van der Waals surface area contributed by atoms with E-state index in [0.29, 0.717) is 0 Å². The van der Waals surface area contributed by atoms with Crippen LogP contribution in [-0.4, -0.2) is 6.04 Å². The second kappa shape index (κ2) is 4.43. The Morgan fingerprint density at radius 2 is 2.00 bits per heavy atom. The van der Waals surface area contributed by atoms with E-state index in [1.165, 1.54) is 12.1 Å². The number of hydrogen-bond acceptors (Lipinski definition) is 1. The number of rotatable bonds is 3. The van der Waals surface area contributed by atoms with Gasteiger partial charge < -0.3 is 0 Å². The molecule has 0 aromatic heterocycles. The van der Waals surface area contributed by atoms with Crippen LogP contribution in [0, 0.1) is 5.82 Å². The van der Waals surface area contributed by atoms with Crippen LogP contribution in [0.15, 0.2) is 24.3 Å². The molecule has 0 aliphatic heterocycles. The van der Waals surface area contributed by atoms with Gasteiger partial charge in [-0.2, -0.15) is 0 Å². The van der Waals surface area contributed by atoms with Gasteiger partial charge in [-0.1, -0.05) is 12.1 Å². The molecule has 1 aromatic rings. The van der Waals surface area contributed by atoms with Crippen LogP contribution in [-0.2, 0) is 6.42 Å². The van der Waals surface area contributed by atoms with Gasteiger partial charge in [0.1, 0.15) is 5.82 Å².